The summed E-state index contributed by atoms with van der Waals surface area (Å²) in [6, 6.07) is 10.5. The highest BCUT2D eigenvalue weighted by Crippen LogP contribution is 2.14. The molecule has 0 spiro atoms. The molecule has 2 aromatic rings. The molecule has 1 atom stereocenters. The van der Waals surface area contributed by atoms with Crippen molar-refractivity contribution >= 4 is 33.3 Å². The fourth-order valence-corrected chi connectivity index (χ4v) is 2.21. The number of hydrogen-bond donors (Lipinski definition) is 0. The zero-order valence-corrected chi connectivity index (χ0v) is 12.1. The Labute approximate surface area is 119 Å². The predicted molar refractivity (Wildman–Crippen MR) is 74.8 cm³/mol. The zero-order valence-electron chi connectivity index (χ0n) is 9.81. The second kappa shape index (κ2) is 5.63. The predicted octanol–water partition coefficient (Wildman–Crippen LogP) is 3.83. The summed E-state index contributed by atoms with van der Waals surface area (Å²) in [7, 11) is 0. The minimum atomic E-state index is -0.247. The lowest BCUT2D eigenvalue weighted by Crippen LogP contribution is -2.41. The van der Waals surface area contributed by atoms with Crippen LogP contribution in [-0.4, -0.2) is 5.78 Å². The second-order valence-electron chi connectivity index (χ2n) is 4.02. The van der Waals surface area contributed by atoms with Gasteiger partial charge >= 0.3 is 0 Å². The Morgan fingerprint density at radius 1 is 1.28 bits per heavy atom. The van der Waals surface area contributed by atoms with Crippen LogP contribution in [0, 0.1) is 0 Å². The maximum absolute atomic E-state index is 12.3. The first-order chi connectivity index (χ1) is 8.58. The van der Waals surface area contributed by atoms with Crippen LogP contribution >= 0.6 is 27.5 Å². The lowest BCUT2D eigenvalue weighted by Gasteiger charge is -2.06. The molecule has 0 saturated carbocycles. The van der Waals surface area contributed by atoms with E-state index in [0.29, 0.717) is 10.6 Å². The summed E-state index contributed by atoms with van der Waals surface area (Å²) in [6.45, 7) is 1.88. The lowest BCUT2D eigenvalue weighted by atomic mass is 10.1. The average molecular weight is 326 g/mol. The van der Waals surface area contributed by atoms with Crippen LogP contribution in [0.2, 0.25) is 5.02 Å². The topological polar surface area (TPSA) is 20.9 Å². The third kappa shape index (κ3) is 2.98. The molecule has 2 nitrogen and oxygen atoms in total. The van der Waals surface area contributed by atoms with Crippen molar-refractivity contribution in [3.63, 3.8) is 0 Å². The number of carbonyl (C=O) groups is 1. The Balaban J connectivity index is 2.26. The minimum absolute atomic E-state index is 0.0646. The molecule has 4 heteroatoms. The van der Waals surface area contributed by atoms with Crippen molar-refractivity contribution in [3.05, 3.63) is 63.9 Å². The molecule has 0 aliphatic carbocycles. The van der Waals surface area contributed by atoms with Crippen LogP contribution in [0.1, 0.15) is 23.3 Å². The molecule has 0 aliphatic rings. The zero-order chi connectivity index (χ0) is 13.1. The van der Waals surface area contributed by atoms with Gasteiger partial charge in [0.05, 0.1) is 4.47 Å². The first-order valence-electron chi connectivity index (χ1n) is 5.54. The van der Waals surface area contributed by atoms with Gasteiger partial charge in [0.25, 0.3) is 0 Å². The van der Waals surface area contributed by atoms with E-state index < -0.39 is 0 Å². The average Bonchev–Trinajstić information content (AvgIpc) is 2.38. The molecule has 0 fully saturated rings. The number of ketones is 1. The Kier molecular flexibility index (Phi) is 4.15. The molecule has 0 unspecified atom stereocenters. The molecule has 0 saturated heterocycles. The van der Waals surface area contributed by atoms with Gasteiger partial charge in [0, 0.05) is 23.6 Å². The fraction of sp³-hybridized carbons (Fsp3) is 0.143. The normalized spacial score (nSPS) is 12.2. The summed E-state index contributed by atoms with van der Waals surface area (Å²) in [4.78, 5) is 12.3. The van der Waals surface area contributed by atoms with Crippen LogP contribution in [-0.2, 0) is 0 Å². The number of hydrogen-bond acceptors (Lipinski definition) is 1. The molecule has 0 aliphatic heterocycles. The van der Waals surface area contributed by atoms with E-state index in [1.807, 2.05) is 36.0 Å². The smallest absolute Gasteiger partial charge is 0.230 e. The van der Waals surface area contributed by atoms with Crippen LogP contribution < -0.4 is 4.57 Å². The van der Waals surface area contributed by atoms with E-state index in [1.165, 1.54) is 0 Å². The molecule has 0 bridgehead atoms. The number of Topliss-reactive ketones (excluding diaryl/α,β-unsaturated/α-hetero) is 1. The second-order valence-corrected chi connectivity index (χ2v) is 5.37. The minimum Gasteiger partial charge on any atom is -0.287 e. The number of rotatable bonds is 3. The summed E-state index contributed by atoms with van der Waals surface area (Å²) < 4.78 is 2.82. The first kappa shape index (κ1) is 13.2. The fourth-order valence-electron chi connectivity index (χ4n) is 1.69. The first-order valence-corrected chi connectivity index (χ1v) is 6.71. The quantitative estimate of drug-likeness (QED) is 0.620. The van der Waals surface area contributed by atoms with E-state index in [2.05, 4.69) is 15.9 Å². The van der Waals surface area contributed by atoms with Crippen molar-refractivity contribution in [2.24, 2.45) is 0 Å². The number of aromatic nitrogens is 1. The number of benzene rings is 1. The highest BCUT2D eigenvalue weighted by atomic mass is 79.9. The van der Waals surface area contributed by atoms with Gasteiger partial charge in [-0.2, -0.15) is 4.57 Å². The highest BCUT2D eigenvalue weighted by Gasteiger charge is 2.23. The molecular formula is C14H12BrClNO+. The number of carbonyl (C=O) groups excluding carboxylic acids is 1. The summed E-state index contributed by atoms with van der Waals surface area (Å²) in [5, 5.41) is 0.634. The molecular weight excluding hydrogens is 314 g/mol. The number of halogens is 2. The van der Waals surface area contributed by atoms with Crippen LogP contribution in [0.25, 0.3) is 0 Å². The van der Waals surface area contributed by atoms with Crippen LogP contribution in [0.4, 0.5) is 0 Å². The monoisotopic (exact) mass is 324 g/mol. The van der Waals surface area contributed by atoms with Gasteiger partial charge in [-0.05, 0) is 46.3 Å². The molecule has 1 heterocycles. The van der Waals surface area contributed by atoms with Crippen molar-refractivity contribution in [1.82, 2.24) is 0 Å². The third-order valence-corrected chi connectivity index (χ3v) is 3.46. The van der Waals surface area contributed by atoms with E-state index in [9.17, 15) is 4.79 Å². The van der Waals surface area contributed by atoms with Crippen LogP contribution in [0.15, 0.2) is 53.3 Å². The van der Waals surface area contributed by atoms with Crippen molar-refractivity contribution in [3.8, 4) is 0 Å². The number of pyridine rings is 1. The van der Waals surface area contributed by atoms with Crippen molar-refractivity contribution in [2.45, 2.75) is 13.0 Å². The van der Waals surface area contributed by atoms with Crippen molar-refractivity contribution in [1.29, 1.82) is 0 Å². The summed E-state index contributed by atoms with van der Waals surface area (Å²) in [5.74, 6) is 0.0646. The molecule has 2 rings (SSSR count). The lowest BCUT2D eigenvalue weighted by molar-refractivity contribution is -0.705. The highest BCUT2D eigenvalue weighted by molar-refractivity contribution is 9.10. The van der Waals surface area contributed by atoms with Crippen molar-refractivity contribution in [2.75, 3.05) is 0 Å². The standard InChI is InChI=1S/C14H12BrClNO/c1-10(17-8-2-3-12(15)9-17)14(18)11-4-6-13(16)7-5-11/h2-10H,1H3/q+1/t10-/m0/s1. The Bertz CT molecular complexity index is 568. The Morgan fingerprint density at radius 2 is 1.94 bits per heavy atom. The van der Waals surface area contributed by atoms with E-state index in [-0.39, 0.29) is 11.8 Å². The van der Waals surface area contributed by atoms with Gasteiger partial charge in [-0.3, -0.25) is 4.79 Å². The summed E-state index contributed by atoms with van der Waals surface area (Å²) in [5.41, 5.74) is 0.666. The van der Waals surface area contributed by atoms with E-state index in [4.69, 9.17) is 11.6 Å². The molecule has 0 amide bonds. The summed E-state index contributed by atoms with van der Waals surface area (Å²) in [6.07, 6.45) is 3.77. The van der Waals surface area contributed by atoms with E-state index in [1.54, 1.807) is 24.3 Å². The van der Waals surface area contributed by atoms with Crippen LogP contribution in [0.5, 0.6) is 0 Å². The third-order valence-electron chi connectivity index (χ3n) is 2.74. The molecule has 1 aromatic heterocycles. The maximum atomic E-state index is 12.3. The molecule has 1 aromatic carbocycles. The maximum Gasteiger partial charge on any atom is 0.230 e. The van der Waals surface area contributed by atoms with Gasteiger partial charge in [0.1, 0.15) is 0 Å². The molecule has 0 radical (unpaired) electrons. The van der Waals surface area contributed by atoms with Gasteiger partial charge in [-0.25, -0.2) is 0 Å². The van der Waals surface area contributed by atoms with E-state index >= 15 is 0 Å². The van der Waals surface area contributed by atoms with Gasteiger partial charge in [0.15, 0.2) is 12.4 Å². The van der Waals surface area contributed by atoms with E-state index in [0.717, 1.165) is 4.47 Å². The molecule has 18 heavy (non-hydrogen) atoms. The largest absolute Gasteiger partial charge is 0.287 e. The van der Waals surface area contributed by atoms with Crippen molar-refractivity contribution < 1.29 is 9.36 Å². The van der Waals surface area contributed by atoms with Gasteiger partial charge in [-0.1, -0.05) is 11.6 Å². The molecule has 0 N–H and O–H groups in total. The Morgan fingerprint density at radius 3 is 2.56 bits per heavy atom. The van der Waals surface area contributed by atoms with Crippen LogP contribution in [0.3, 0.4) is 0 Å². The van der Waals surface area contributed by atoms with Gasteiger partial charge in [0.2, 0.25) is 11.8 Å². The van der Waals surface area contributed by atoms with Gasteiger partial charge < -0.3 is 0 Å². The number of nitrogens with zero attached hydrogens (tertiary/aromatic N) is 1. The SMILES string of the molecule is C[C@@H](C(=O)c1ccc(Cl)cc1)[n+]1cccc(Br)c1. The van der Waals surface area contributed by atoms with Gasteiger partial charge in [-0.15, -0.1) is 0 Å². The molecule has 92 valence electrons. The summed E-state index contributed by atoms with van der Waals surface area (Å²) >= 11 is 9.21. The Hall–Kier alpha value is -1.19.